The number of hydrogen-bond acceptors (Lipinski definition) is 2. The summed E-state index contributed by atoms with van der Waals surface area (Å²) in [6.45, 7) is 4.02. The van der Waals surface area contributed by atoms with Crippen molar-refractivity contribution in [3.63, 3.8) is 0 Å². The van der Waals surface area contributed by atoms with Crippen LogP contribution in [0.1, 0.15) is 36.8 Å². The molecule has 0 unspecified atom stereocenters. The molecule has 0 radical (unpaired) electrons. The molecule has 1 aliphatic rings. The minimum absolute atomic E-state index is 0.0701. The number of halogens is 1. The largest absolute Gasteiger partial charge is 0.268 e. The molecule has 2 rings (SSSR count). The summed E-state index contributed by atoms with van der Waals surface area (Å²) in [6, 6.07) is 0. The van der Waals surface area contributed by atoms with E-state index in [1.807, 2.05) is 0 Å². The Labute approximate surface area is 115 Å². The van der Waals surface area contributed by atoms with Gasteiger partial charge in [-0.15, -0.1) is 0 Å². The van der Waals surface area contributed by atoms with Gasteiger partial charge in [0.25, 0.3) is 11.1 Å². The van der Waals surface area contributed by atoms with Crippen LogP contribution in [0.3, 0.4) is 0 Å². The highest BCUT2D eigenvalue weighted by Gasteiger charge is 2.33. The van der Waals surface area contributed by atoms with Crippen LogP contribution >= 0.6 is 15.9 Å². The van der Waals surface area contributed by atoms with Gasteiger partial charge in [0.15, 0.2) is 0 Å². The molecule has 0 bridgehead atoms. The number of alkyl halides is 1. The number of hydrogen-bond donors (Lipinski definition) is 1. The fourth-order valence-electron chi connectivity index (χ4n) is 2.70. The maximum absolute atomic E-state index is 12.2. The van der Waals surface area contributed by atoms with Crippen LogP contribution in [-0.2, 0) is 6.54 Å². The number of aromatic amines is 1. The summed E-state index contributed by atoms with van der Waals surface area (Å²) in [6.07, 6.45) is 4.63. The summed E-state index contributed by atoms with van der Waals surface area (Å²) >= 11 is 3.56. The first-order valence-electron chi connectivity index (χ1n) is 6.35. The molecular weight excluding hydrogens is 296 g/mol. The fourth-order valence-corrected chi connectivity index (χ4v) is 3.43. The predicted molar refractivity (Wildman–Crippen MR) is 75.5 cm³/mol. The average Bonchev–Trinajstić information content (AvgIpc) is 2.82. The van der Waals surface area contributed by atoms with E-state index in [2.05, 4.69) is 21.0 Å². The van der Waals surface area contributed by atoms with Crippen molar-refractivity contribution in [2.24, 2.45) is 5.41 Å². The molecule has 1 fully saturated rings. The third kappa shape index (κ3) is 2.32. The lowest BCUT2D eigenvalue weighted by Crippen LogP contribution is -2.38. The number of nitrogens with zero attached hydrogens (tertiary/aromatic N) is 1. The van der Waals surface area contributed by atoms with E-state index in [1.165, 1.54) is 17.5 Å². The molecular formula is C13H19BrN2O2. The van der Waals surface area contributed by atoms with Crippen molar-refractivity contribution in [1.29, 1.82) is 0 Å². The Morgan fingerprint density at radius 3 is 2.39 bits per heavy atom. The van der Waals surface area contributed by atoms with Gasteiger partial charge in [-0.05, 0) is 32.1 Å². The molecule has 0 aromatic carbocycles. The maximum Gasteiger partial charge on any atom is 0.268 e. The van der Waals surface area contributed by atoms with Gasteiger partial charge in [0.05, 0.1) is 0 Å². The van der Waals surface area contributed by atoms with Crippen molar-refractivity contribution < 1.29 is 0 Å². The molecule has 1 aliphatic carbocycles. The first-order chi connectivity index (χ1) is 8.49. The predicted octanol–water partition coefficient (Wildman–Crippen LogP) is 2.11. The van der Waals surface area contributed by atoms with Crippen LogP contribution in [0, 0.1) is 19.3 Å². The maximum atomic E-state index is 12.2. The van der Waals surface area contributed by atoms with Crippen LogP contribution in [0.5, 0.6) is 0 Å². The van der Waals surface area contributed by atoms with Crippen LogP contribution < -0.4 is 11.1 Å². The Bertz CT molecular complexity index is 553. The van der Waals surface area contributed by atoms with Gasteiger partial charge in [0.1, 0.15) is 0 Å². The standard InChI is InChI=1S/C13H19BrN2O2/c1-9-10(2)12(18)16(15-11(9)17)8-13(7-14)5-3-4-6-13/h3-8H2,1-2H3,(H,15,17). The van der Waals surface area contributed by atoms with Crippen LogP contribution in [0.4, 0.5) is 0 Å². The number of H-pyrrole nitrogens is 1. The Balaban J connectivity index is 2.41. The van der Waals surface area contributed by atoms with E-state index in [9.17, 15) is 9.59 Å². The van der Waals surface area contributed by atoms with Crippen molar-refractivity contribution >= 4 is 15.9 Å². The highest BCUT2D eigenvalue weighted by Crippen LogP contribution is 2.40. The Hall–Kier alpha value is -0.840. The summed E-state index contributed by atoms with van der Waals surface area (Å²) < 4.78 is 1.50. The summed E-state index contributed by atoms with van der Waals surface area (Å²) in [4.78, 5) is 23.9. The minimum atomic E-state index is -0.158. The molecule has 0 spiro atoms. The second-order valence-electron chi connectivity index (χ2n) is 5.42. The van der Waals surface area contributed by atoms with Crippen molar-refractivity contribution in [2.45, 2.75) is 46.1 Å². The molecule has 0 amide bonds. The van der Waals surface area contributed by atoms with Crippen molar-refractivity contribution in [1.82, 2.24) is 9.78 Å². The van der Waals surface area contributed by atoms with Crippen LogP contribution in [0.2, 0.25) is 0 Å². The van der Waals surface area contributed by atoms with Crippen molar-refractivity contribution in [2.75, 3.05) is 5.33 Å². The quantitative estimate of drug-likeness (QED) is 0.869. The molecule has 0 aliphatic heterocycles. The SMILES string of the molecule is Cc1c(C)c(=O)n(CC2(CBr)CCCC2)[nH]c1=O. The topological polar surface area (TPSA) is 54.9 Å². The first kappa shape index (κ1) is 13.6. The lowest BCUT2D eigenvalue weighted by molar-refractivity contribution is 0.269. The molecule has 4 nitrogen and oxygen atoms in total. The number of nitrogens with one attached hydrogen (secondary N) is 1. The zero-order valence-corrected chi connectivity index (χ0v) is 12.5. The van der Waals surface area contributed by atoms with Crippen LogP contribution in [0.15, 0.2) is 9.59 Å². The molecule has 1 heterocycles. The highest BCUT2D eigenvalue weighted by molar-refractivity contribution is 9.09. The van der Waals surface area contributed by atoms with E-state index >= 15 is 0 Å². The van der Waals surface area contributed by atoms with Crippen molar-refractivity contribution in [3.05, 3.63) is 31.8 Å². The minimum Gasteiger partial charge on any atom is -0.268 e. The van der Waals surface area contributed by atoms with Gasteiger partial charge < -0.3 is 0 Å². The van der Waals surface area contributed by atoms with Gasteiger partial charge >= 0.3 is 0 Å². The lowest BCUT2D eigenvalue weighted by atomic mass is 9.89. The van der Waals surface area contributed by atoms with E-state index in [4.69, 9.17) is 0 Å². The Kier molecular flexibility index (Phi) is 3.80. The Morgan fingerprint density at radius 1 is 1.22 bits per heavy atom. The normalized spacial score (nSPS) is 18.2. The summed E-state index contributed by atoms with van der Waals surface area (Å²) in [5.41, 5.74) is 0.972. The zero-order valence-electron chi connectivity index (χ0n) is 10.9. The first-order valence-corrected chi connectivity index (χ1v) is 7.47. The monoisotopic (exact) mass is 314 g/mol. The summed E-state index contributed by atoms with van der Waals surface area (Å²) in [5, 5.41) is 3.57. The number of rotatable bonds is 3. The van der Waals surface area contributed by atoms with Gasteiger partial charge in [0.2, 0.25) is 0 Å². The molecule has 1 aromatic heterocycles. The molecule has 18 heavy (non-hydrogen) atoms. The van der Waals surface area contributed by atoms with Crippen LogP contribution in [-0.4, -0.2) is 15.1 Å². The second kappa shape index (κ2) is 5.03. The van der Waals surface area contributed by atoms with Gasteiger partial charge in [-0.1, -0.05) is 28.8 Å². The molecule has 0 atom stereocenters. The van der Waals surface area contributed by atoms with Crippen molar-refractivity contribution in [3.8, 4) is 0 Å². The van der Waals surface area contributed by atoms with E-state index in [0.717, 1.165) is 18.2 Å². The molecule has 1 N–H and O–H groups in total. The molecule has 1 saturated carbocycles. The van der Waals surface area contributed by atoms with E-state index in [1.54, 1.807) is 13.8 Å². The zero-order chi connectivity index (χ0) is 13.3. The molecule has 5 heteroatoms. The molecule has 100 valence electrons. The fraction of sp³-hybridized carbons (Fsp3) is 0.692. The van der Waals surface area contributed by atoms with E-state index < -0.39 is 0 Å². The van der Waals surface area contributed by atoms with Gasteiger partial charge in [-0.2, -0.15) is 0 Å². The number of aromatic nitrogens is 2. The average molecular weight is 315 g/mol. The molecule has 1 aromatic rings. The summed E-state index contributed by atoms with van der Waals surface area (Å²) in [7, 11) is 0. The summed E-state index contributed by atoms with van der Waals surface area (Å²) in [5.74, 6) is 0. The van der Waals surface area contributed by atoms with Gasteiger partial charge in [-0.3, -0.25) is 14.7 Å². The molecule has 0 saturated heterocycles. The third-order valence-electron chi connectivity index (χ3n) is 4.15. The van der Waals surface area contributed by atoms with Gasteiger partial charge in [0, 0.05) is 23.0 Å². The van der Waals surface area contributed by atoms with Crippen LogP contribution in [0.25, 0.3) is 0 Å². The van der Waals surface area contributed by atoms with Gasteiger partial charge in [-0.25, -0.2) is 4.68 Å². The highest BCUT2D eigenvalue weighted by atomic mass is 79.9. The Morgan fingerprint density at radius 2 is 1.83 bits per heavy atom. The van der Waals surface area contributed by atoms with E-state index in [0.29, 0.717) is 17.7 Å². The second-order valence-corrected chi connectivity index (χ2v) is 5.98. The third-order valence-corrected chi connectivity index (χ3v) is 5.34. The smallest absolute Gasteiger partial charge is 0.268 e. The lowest BCUT2D eigenvalue weighted by Gasteiger charge is -2.27. The van der Waals surface area contributed by atoms with E-state index in [-0.39, 0.29) is 16.5 Å².